The first-order chi connectivity index (χ1) is 13.2. The van der Waals surface area contributed by atoms with Gasteiger partial charge in [0.25, 0.3) is 0 Å². The van der Waals surface area contributed by atoms with Crippen LogP contribution >= 0.6 is 15.9 Å². The van der Waals surface area contributed by atoms with Gasteiger partial charge in [-0.25, -0.2) is 4.98 Å². The molecule has 1 atom stereocenters. The van der Waals surface area contributed by atoms with Crippen molar-refractivity contribution in [1.29, 1.82) is 0 Å². The lowest BCUT2D eigenvalue weighted by Gasteiger charge is -2.27. The van der Waals surface area contributed by atoms with Crippen molar-refractivity contribution in [2.24, 2.45) is 10.7 Å². The number of fused-ring (bicyclic) bond motifs is 1. The second-order valence-corrected chi connectivity index (χ2v) is 7.04. The van der Waals surface area contributed by atoms with Crippen LogP contribution in [0.15, 0.2) is 46.3 Å². The van der Waals surface area contributed by atoms with E-state index in [1.807, 2.05) is 24.4 Å². The number of aromatic nitrogens is 2. The van der Waals surface area contributed by atoms with E-state index in [4.69, 9.17) is 10.5 Å². The topological polar surface area (TPSA) is 97.5 Å². The molecule has 1 aliphatic heterocycles. The summed E-state index contributed by atoms with van der Waals surface area (Å²) in [5, 5.41) is 6.80. The number of nitrogens with zero attached hydrogens (tertiary/aromatic N) is 3. The Balaban J connectivity index is 1.50. The van der Waals surface area contributed by atoms with Crippen molar-refractivity contribution in [3.63, 3.8) is 0 Å². The zero-order chi connectivity index (χ0) is 19.1. The van der Waals surface area contributed by atoms with Gasteiger partial charge in [-0.05, 0) is 34.1 Å². The standard InChI is InChI=1S/C19H23BrN6O/c1-22-8-14(7-21)13-6-18-19(26-9-13)27-17(12-25-18)11-23-5-4-16-3-2-15(20)10-24-16/h2-3,6-10,17,23,25H,4-5,11-12,21H2,1H3/b14-7+,22-8?. The van der Waals surface area contributed by atoms with Crippen LogP contribution in [0.1, 0.15) is 11.3 Å². The summed E-state index contributed by atoms with van der Waals surface area (Å²) >= 11 is 3.39. The summed E-state index contributed by atoms with van der Waals surface area (Å²) in [6.07, 6.45) is 7.69. The average molecular weight is 431 g/mol. The van der Waals surface area contributed by atoms with Crippen LogP contribution in [0.25, 0.3) is 5.57 Å². The molecular formula is C19H23BrN6O. The Kier molecular flexibility index (Phi) is 6.78. The molecule has 0 spiro atoms. The Labute approximate surface area is 167 Å². The highest BCUT2D eigenvalue weighted by Crippen LogP contribution is 2.29. The van der Waals surface area contributed by atoms with E-state index in [2.05, 4.69) is 41.5 Å². The molecule has 0 bridgehead atoms. The Morgan fingerprint density at radius 1 is 1.44 bits per heavy atom. The third-order valence-electron chi connectivity index (χ3n) is 4.15. The van der Waals surface area contributed by atoms with Gasteiger partial charge in [-0.3, -0.25) is 9.98 Å². The van der Waals surface area contributed by atoms with E-state index in [9.17, 15) is 0 Å². The van der Waals surface area contributed by atoms with Crippen molar-refractivity contribution in [2.75, 3.05) is 32.0 Å². The number of anilines is 1. The van der Waals surface area contributed by atoms with Crippen LogP contribution in [0.4, 0.5) is 5.69 Å². The SMILES string of the molecule is CN=C/C(=C\N)c1cnc2c(c1)NCC(CNCCc1ccc(Br)cn1)O2. The molecule has 2 aromatic rings. The van der Waals surface area contributed by atoms with Gasteiger partial charge in [0.15, 0.2) is 0 Å². The number of hydrogen-bond acceptors (Lipinski definition) is 7. The van der Waals surface area contributed by atoms with Crippen molar-refractivity contribution in [3.05, 3.63) is 52.5 Å². The molecule has 2 aromatic heterocycles. The zero-order valence-electron chi connectivity index (χ0n) is 15.2. The van der Waals surface area contributed by atoms with Crippen LogP contribution in [0.5, 0.6) is 5.88 Å². The molecule has 0 aromatic carbocycles. The fraction of sp³-hybridized carbons (Fsp3) is 0.316. The lowest BCUT2D eigenvalue weighted by atomic mass is 10.1. The number of hydrogen-bond donors (Lipinski definition) is 3. The van der Waals surface area contributed by atoms with Crippen LogP contribution in [-0.2, 0) is 6.42 Å². The van der Waals surface area contributed by atoms with Crippen LogP contribution in [0.2, 0.25) is 0 Å². The molecule has 7 nitrogen and oxygen atoms in total. The van der Waals surface area contributed by atoms with Crippen LogP contribution in [-0.4, -0.2) is 49.0 Å². The zero-order valence-corrected chi connectivity index (χ0v) is 16.7. The minimum atomic E-state index is 0.0236. The molecule has 0 fully saturated rings. The number of ether oxygens (including phenoxy) is 1. The summed E-state index contributed by atoms with van der Waals surface area (Å²) in [5.74, 6) is 0.608. The molecule has 27 heavy (non-hydrogen) atoms. The van der Waals surface area contributed by atoms with E-state index in [0.29, 0.717) is 12.4 Å². The largest absolute Gasteiger partial charge is 0.470 e. The summed E-state index contributed by atoms with van der Waals surface area (Å²) in [6.45, 7) is 2.29. The monoisotopic (exact) mass is 430 g/mol. The lowest BCUT2D eigenvalue weighted by Crippen LogP contribution is -2.40. The maximum atomic E-state index is 5.99. The first kappa shape index (κ1) is 19.3. The molecule has 1 unspecified atom stereocenters. The van der Waals surface area contributed by atoms with Gasteiger partial charge < -0.3 is 21.1 Å². The number of aliphatic imine (C=N–C) groups is 1. The van der Waals surface area contributed by atoms with Crippen molar-refractivity contribution in [3.8, 4) is 5.88 Å². The van der Waals surface area contributed by atoms with Crippen molar-refractivity contribution >= 4 is 33.4 Å². The Bertz CT molecular complexity index is 821. The number of pyridine rings is 2. The predicted octanol–water partition coefficient (Wildman–Crippen LogP) is 2.24. The summed E-state index contributed by atoms with van der Waals surface area (Å²) in [7, 11) is 1.71. The third-order valence-corrected chi connectivity index (χ3v) is 4.62. The van der Waals surface area contributed by atoms with E-state index in [1.165, 1.54) is 6.20 Å². The number of nitrogens with one attached hydrogen (secondary N) is 2. The van der Waals surface area contributed by atoms with Crippen molar-refractivity contribution in [2.45, 2.75) is 12.5 Å². The number of nitrogens with two attached hydrogens (primary N) is 1. The van der Waals surface area contributed by atoms with Gasteiger partial charge >= 0.3 is 0 Å². The molecule has 0 saturated carbocycles. The summed E-state index contributed by atoms with van der Waals surface area (Å²) in [6, 6.07) is 6.01. The average Bonchev–Trinajstić information content (AvgIpc) is 2.70. The van der Waals surface area contributed by atoms with E-state index in [-0.39, 0.29) is 6.10 Å². The highest BCUT2D eigenvalue weighted by Gasteiger charge is 2.20. The molecule has 3 rings (SSSR count). The highest BCUT2D eigenvalue weighted by molar-refractivity contribution is 9.10. The van der Waals surface area contributed by atoms with E-state index in [0.717, 1.165) is 46.5 Å². The van der Waals surface area contributed by atoms with Crippen LogP contribution < -0.4 is 21.1 Å². The van der Waals surface area contributed by atoms with Gasteiger partial charge in [0.1, 0.15) is 6.10 Å². The van der Waals surface area contributed by atoms with E-state index < -0.39 is 0 Å². The second kappa shape index (κ2) is 9.48. The minimum absolute atomic E-state index is 0.0236. The van der Waals surface area contributed by atoms with Gasteiger partial charge in [0.2, 0.25) is 5.88 Å². The fourth-order valence-corrected chi connectivity index (χ4v) is 2.99. The van der Waals surface area contributed by atoms with Gasteiger partial charge in [0, 0.05) is 72.7 Å². The number of allylic oxidation sites excluding steroid dienone is 1. The van der Waals surface area contributed by atoms with Gasteiger partial charge in [0.05, 0.1) is 12.2 Å². The predicted molar refractivity (Wildman–Crippen MR) is 112 cm³/mol. The Hall–Kier alpha value is -2.45. The second-order valence-electron chi connectivity index (χ2n) is 6.13. The maximum Gasteiger partial charge on any atom is 0.237 e. The Morgan fingerprint density at radius 3 is 3.07 bits per heavy atom. The van der Waals surface area contributed by atoms with Gasteiger partial charge in [-0.2, -0.15) is 0 Å². The normalized spacial score (nSPS) is 16.7. The molecule has 142 valence electrons. The van der Waals surface area contributed by atoms with Gasteiger partial charge in [-0.15, -0.1) is 0 Å². The van der Waals surface area contributed by atoms with Crippen LogP contribution in [0.3, 0.4) is 0 Å². The fourth-order valence-electron chi connectivity index (χ4n) is 2.75. The Morgan fingerprint density at radius 2 is 2.33 bits per heavy atom. The molecule has 4 N–H and O–H groups in total. The molecule has 0 aliphatic carbocycles. The van der Waals surface area contributed by atoms with Crippen LogP contribution in [0, 0.1) is 0 Å². The quantitative estimate of drug-likeness (QED) is 0.460. The first-order valence-electron chi connectivity index (χ1n) is 8.75. The molecular weight excluding hydrogens is 408 g/mol. The van der Waals surface area contributed by atoms with E-state index in [1.54, 1.807) is 19.5 Å². The number of halogens is 1. The molecule has 0 amide bonds. The third kappa shape index (κ3) is 5.27. The molecule has 3 heterocycles. The molecule has 1 aliphatic rings. The molecule has 8 heteroatoms. The highest BCUT2D eigenvalue weighted by atomic mass is 79.9. The lowest BCUT2D eigenvalue weighted by molar-refractivity contribution is 0.194. The summed E-state index contributed by atoms with van der Waals surface area (Å²) < 4.78 is 6.98. The maximum absolute atomic E-state index is 5.99. The van der Waals surface area contributed by atoms with Crippen molar-refractivity contribution in [1.82, 2.24) is 15.3 Å². The first-order valence-corrected chi connectivity index (χ1v) is 9.55. The minimum Gasteiger partial charge on any atom is -0.470 e. The van der Waals surface area contributed by atoms with Gasteiger partial charge in [-0.1, -0.05) is 0 Å². The summed E-state index contributed by atoms with van der Waals surface area (Å²) in [5.41, 5.74) is 9.31. The van der Waals surface area contributed by atoms with E-state index >= 15 is 0 Å². The molecule has 0 saturated heterocycles. The molecule has 0 radical (unpaired) electrons. The van der Waals surface area contributed by atoms with Crippen molar-refractivity contribution < 1.29 is 4.74 Å². The summed E-state index contributed by atoms with van der Waals surface area (Å²) in [4.78, 5) is 12.8. The smallest absolute Gasteiger partial charge is 0.237 e. The number of rotatable bonds is 7.